The van der Waals surface area contributed by atoms with Gasteiger partial charge in [-0.15, -0.1) is 0 Å². The van der Waals surface area contributed by atoms with Crippen LogP contribution in [-0.2, 0) is 12.7 Å². The summed E-state index contributed by atoms with van der Waals surface area (Å²) in [6.07, 6.45) is -10.1. The Labute approximate surface area is 223 Å². The molecular formula is C29H19F6N3O2. The average molecular weight is 555 g/mol. The Morgan fingerprint density at radius 1 is 0.825 bits per heavy atom. The van der Waals surface area contributed by atoms with E-state index in [4.69, 9.17) is 4.52 Å². The fourth-order valence-corrected chi connectivity index (χ4v) is 4.40. The molecule has 3 aromatic carbocycles. The molecule has 0 atom stereocenters. The summed E-state index contributed by atoms with van der Waals surface area (Å²) in [5.74, 6) is -2.16. The van der Waals surface area contributed by atoms with Crippen LogP contribution in [0.25, 0.3) is 33.9 Å². The summed E-state index contributed by atoms with van der Waals surface area (Å²) in [5, 5.41) is 4.08. The predicted molar refractivity (Wildman–Crippen MR) is 134 cm³/mol. The van der Waals surface area contributed by atoms with Crippen LogP contribution >= 0.6 is 0 Å². The minimum absolute atomic E-state index is 0.110. The van der Waals surface area contributed by atoms with Gasteiger partial charge in [0, 0.05) is 17.7 Å². The number of ketones is 1. The van der Waals surface area contributed by atoms with Crippen molar-refractivity contribution < 1.29 is 35.7 Å². The molecule has 0 amide bonds. The van der Waals surface area contributed by atoms with Gasteiger partial charge in [0.2, 0.25) is 0 Å². The summed E-state index contributed by atoms with van der Waals surface area (Å²) in [6.45, 7) is 1.30. The molecule has 2 heterocycles. The molecule has 5 rings (SSSR count). The van der Waals surface area contributed by atoms with E-state index in [2.05, 4.69) is 10.1 Å². The molecular weight excluding hydrogens is 536 g/mol. The maximum absolute atomic E-state index is 14.0. The lowest BCUT2D eigenvalue weighted by Crippen LogP contribution is -2.26. The average Bonchev–Trinajstić information content (AvgIpc) is 3.48. The second-order valence-corrected chi connectivity index (χ2v) is 8.94. The number of Topliss-reactive ketones (excluding diaryl/α,β-unsaturated/α-hetero) is 1. The molecule has 0 saturated heterocycles. The van der Waals surface area contributed by atoms with Gasteiger partial charge in [-0.1, -0.05) is 78.0 Å². The highest BCUT2D eigenvalue weighted by atomic mass is 19.4. The normalized spacial score (nSPS) is 12.1. The van der Waals surface area contributed by atoms with Crippen LogP contribution in [0.5, 0.6) is 0 Å². The number of hydrogen-bond donors (Lipinski definition) is 0. The zero-order valence-electron chi connectivity index (χ0n) is 20.7. The van der Waals surface area contributed by atoms with Crippen LogP contribution in [0.3, 0.4) is 0 Å². The van der Waals surface area contributed by atoms with Crippen molar-refractivity contribution in [3.05, 3.63) is 108 Å². The first-order chi connectivity index (χ1) is 18.9. The summed E-state index contributed by atoms with van der Waals surface area (Å²) in [7, 11) is 0. The fourth-order valence-electron chi connectivity index (χ4n) is 4.40. The molecule has 0 aliphatic carbocycles. The number of benzene rings is 3. The summed E-state index contributed by atoms with van der Waals surface area (Å²) >= 11 is 0. The highest BCUT2D eigenvalue weighted by Crippen LogP contribution is 2.40. The molecule has 0 aliphatic heterocycles. The Hall–Kier alpha value is -4.67. The second-order valence-electron chi connectivity index (χ2n) is 8.94. The standard InChI is InChI=1S/C29H19F6N3O2/c1-17-22(23(37-40-17)19-11-6-3-7-12-19)27-36-24(20-13-8-14-21(15-20)28(30,31)32)25(26(39)29(33,34)35)38(27)16-18-9-4-2-5-10-18/h2-15H,16H2,1H3. The molecule has 11 heteroatoms. The Bertz CT molecular complexity index is 1670. The summed E-state index contributed by atoms with van der Waals surface area (Å²) in [5.41, 5.74) is -1.29. The number of halogens is 6. The van der Waals surface area contributed by atoms with Crippen molar-refractivity contribution in [2.75, 3.05) is 0 Å². The molecule has 0 bridgehead atoms. The first kappa shape index (κ1) is 26.9. The Kier molecular flexibility index (Phi) is 6.82. The minimum atomic E-state index is -5.34. The molecule has 0 spiro atoms. The van der Waals surface area contributed by atoms with Crippen LogP contribution in [0.4, 0.5) is 26.3 Å². The lowest BCUT2D eigenvalue weighted by atomic mass is 10.0. The molecule has 0 fully saturated rings. The van der Waals surface area contributed by atoms with E-state index in [9.17, 15) is 31.1 Å². The topological polar surface area (TPSA) is 60.9 Å². The van der Waals surface area contributed by atoms with E-state index < -0.39 is 35.1 Å². The fraction of sp³-hybridized carbons (Fsp3) is 0.138. The van der Waals surface area contributed by atoms with Crippen molar-refractivity contribution in [2.45, 2.75) is 25.8 Å². The molecule has 0 N–H and O–H groups in total. The number of rotatable bonds is 6. The summed E-state index contributed by atoms with van der Waals surface area (Å²) in [6, 6.07) is 20.7. The largest absolute Gasteiger partial charge is 0.456 e. The van der Waals surface area contributed by atoms with Gasteiger partial charge in [-0.25, -0.2) is 4.98 Å². The molecule has 204 valence electrons. The van der Waals surface area contributed by atoms with Crippen molar-refractivity contribution in [1.82, 2.24) is 14.7 Å². The van der Waals surface area contributed by atoms with Crippen molar-refractivity contribution in [1.29, 1.82) is 0 Å². The number of aromatic nitrogens is 3. The Morgan fingerprint density at radius 2 is 1.45 bits per heavy atom. The van der Waals surface area contributed by atoms with Gasteiger partial charge < -0.3 is 9.09 Å². The molecule has 0 saturated carbocycles. The molecule has 0 unspecified atom stereocenters. The third-order valence-corrected chi connectivity index (χ3v) is 6.22. The number of imidazole rings is 1. The van der Waals surface area contributed by atoms with Gasteiger partial charge in [-0.05, 0) is 24.6 Å². The van der Waals surface area contributed by atoms with E-state index in [1.54, 1.807) is 60.7 Å². The van der Waals surface area contributed by atoms with Gasteiger partial charge in [0.05, 0.1) is 11.1 Å². The quantitative estimate of drug-likeness (QED) is 0.157. The number of hydrogen-bond acceptors (Lipinski definition) is 4. The van der Waals surface area contributed by atoms with Crippen LogP contribution in [0.1, 0.15) is 27.4 Å². The smallest absolute Gasteiger partial charge is 0.360 e. The number of aryl methyl sites for hydroxylation is 1. The van der Waals surface area contributed by atoms with Crippen LogP contribution in [0.15, 0.2) is 89.5 Å². The van der Waals surface area contributed by atoms with Crippen LogP contribution < -0.4 is 0 Å². The number of nitrogens with zero attached hydrogens (tertiary/aromatic N) is 3. The lowest BCUT2D eigenvalue weighted by Gasteiger charge is -2.14. The van der Waals surface area contributed by atoms with E-state index in [1.807, 2.05) is 0 Å². The number of carbonyl (C=O) groups excluding carboxylic acids is 1. The van der Waals surface area contributed by atoms with E-state index in [1.165, 1.54) is 13.0 Å². The van der Waals surface area contributed by atoms with Gasteiger partial charge >= 0.3 is 12.4 Å². The van der Waals surface area contributed by atoms with Gasteiger partial charge in [-0.3, -0.25) is 4.79 Å². The molecule has 5 aromatic rings. The van der Waals surface area contributed by atoms with Crippen molar-refractivity contribution in [3.8, 4) is 33.9 Å². The summed E-state index contributed by atoms with van der Waals surface area (Å²) in [4.78, 5) is 17.3. The zero-order valence-corrected chi connectivity index (χ0v) is 20.7. The SMILES string of the molecule is Cc1onc(-c2ccccc2)c1-c1nc(-c2cccc(C(F)(F)F)c2)c(C(=O)C(F)(F)F)n1Cc1ccccc1. The lowest BCUT2D eigenvalue weighted by molar-refractivity contribution is -0.137. The van der Waals surface area contributed by atoms with Gasteiger partial charge in [0.25, 0.3) is 5.78 Å². The molecule has 40 heavy (non-hydrogen) atoms. The molecule has 0 aliphatic rings. The number of carbonyl (C=O) groups is 1. The third kappa shape index (κ3) is 5.14. The van der Waals surface area contributed by atoms with Crippen molar-refractivity contribution in [3.63, 3.8) is 0 Å². The first-order valence-corrected chi connectivity index (χ1v) is 11.9. The van der Waals surface area contributed by atoms with Gasteiger partial charge in [0.15, 0.2) is 0 Å². The third-order valence-electron chi connectivity index (χ3n) is 6.22. The van der Waals surface area contributed by atoms with Gasteiger partial charge in [-0.2, -0.15) is 26.3 Å². The molecule has 5 nitrogen and oxygen atoms in total. The van der Waals surface area contributed by atoms with Crippen LogP contribution in [0, 0.1) is 6.92 Å². The second kappa shape index (κ2) is 10.1. The van der Waals surface area contributed by atoms with E-state index >= 15 is 0 Å². The van der Waals surface area contributed by atoms with Crippen LogP contribution in [-0.4, -0.2) is 26.7 Å². The summed E-state index contributed by atoms with van der Waals surface area (Å²) < 4.78 is 89.0. The van der Waals surface area contributed by atoms with E-state index in [0.29, 0.717) is 17.2 Å². The van der Waals surface area contributed by atoms with Crippen LogP contribution in [0.2, 0.25) is 0 Å². The Morgan fingerprint density at radius 3 is 2.08 bits per heavy atom. The zero-order chi connectivity index (χ0) is 28.7. The highest BCUT2D eigenvalue weighted by Gasteiger charge is 2.44. The van der Waals surface area contributed by atoms with E-state index in [-0.39, 0.29) is 35.0 Å². The van der Waals surface area contributed by atoms with Crippen molar-refractivity contribution in [2.24, 2.45) is 0 Å². The maximum Gasteiger partial charge on any atom is 0.456 e. The minimum Gasteiger partial charge on any atom is -0.360 e. The highest BCUT2D eigenvalue weighted by molar-refractivity contribution is 6.04. The molecule has 0 radical (unpaired) electrons. The first-order valence-electron chi connectivity index (χ1n) is 11.9. The predicted octanol–water partition coefficient (Wildman–Crippen LogP) is 7.99. The monoisotopic (exact) mass is 555 g/mol. The molecule has 2 aromatic heterocycles. The number of alkyl halides is 6. The van der Waals surface area contributed by atoms with E-state index in [0.717, 1.165) is 16.7 Å². The maximum atomic E-state index is 14.0. The van der Waals surface area contributed by atoms with Gasteiger partial charge in [0.1, 0.15) is 28.7 Å². The van der Waals surface area contributed by atoms with Crippen molar-refractivity contribution >= 4 is 5.78 Å². The Balaban J connectivity index is 1.85.